The van der Waals surface area contributed by atoms with Gasteiger partial charge >= 0.3 is 12.0 Å². The Morgan fingerprint density at radius 3 is 2.76 bits per heavy atom. The maximum atomic E-state index is 11.3. The molecule has 0 saturated carbocycles. The minimum Gasteiger partial charge on any atom is -0.480 e. The summed E-state index contributed by atoms with van der Waals surface area (Å²) in [5, 5.41) is 14.0. The van der Waals surface area contributed by atoms with Gasteiger partial charge in [0.1, 0.15) is 6.04 Å². The number of carboxylic acids is 1. The van der Waals surface area contributed by atoms with Crippen LogP contribution in [-0.4, -0.2) is 23.1 Å². The van der Waals surface area contributed by atoms with E-state index >= 15 is 0 Å². The second kappa shape index (κ2) is 6.10. The van der Waals surface area contributed by atoms with Crippen molar-refractivity contribution in [3.8, 4) is 0 Å². The van der Waals surface area contributed by atoms with E-state index in [2.05, 4.69) is 10.6 Å². The molecule has 0 aliphatic heterocycles. The molecular weight excluding hydrogens is 244 g/mol. The lowest BCUT2D eigenvalue weighted by Crippen LogP contribution is -2.44. The summed E-state index contributed by atoms with van der Waals surface area (Å²) in [5.74, 6) is -1.08. The van der Waals surface area contributed by atoms with Crippen molar-refractivity contribution in [2.75, 3.05) is 0 Å². The molecule has 2 amide bonds. The molecule has 0 aromatic heterocycles. The summed E-state index contributed by atoms with van der Waals surface area (Å²) in [7, 11) is 0. The van der Waals surface area contributed by atoms with E-state index in [4.69, 9.17) is 16.7 Å². The molecule has 0 radical (unpaired) electrons. The van der Waals surface area contributed by atoms with Gasteiger partial charge in [-0.25, -0.2) is 4.79 Å². The third kappa shape index (κ3) is 4.74. The largest absolute Gasteiger partial charge is 0.480 e. The molecule has 5 nitrogen and oxygen atoms in total. The minimum absolute atomic E-state index is 0.290. The van der Waals surface area contributed by atoms with Crippen LogP contribution in [0.15, 0.2) is 24.3 Å². The van der Waals surface area contributed by atoms with Crippen LogP contribution in [0.4, 0.5) is 4.79 Å². The molecule has 0 bridgehead atoms. The molecule has 0 spiro atoms. The van der Waals surface area contributed by atoms with Crippen molar-refractivity contribution in [3.63, 3.8) is 0 Å². The van der Waals surface area contributed by atoms with E-state index in [1.54, 1.807) is 18.2 Å². The van der Waals surface area contributed by atoms with Crippen LogP contribution in [-0.2, 0) is 11.3 Å². The van der Waals surface area contributed by atoms with Gasteiger partial charge in [0.05, 0.1) is 0 Å². The highest BCUT2D eigenvalue weighted by molar-refractivity contribution is 6.30. The zero-order valence-corrected chi connectivity index (χ0v) is 9.99. The monoisotopic (exact) mass is 256 g/mol. The molecule has 1 aromatic carbocycles. The van der Waals surface area contributed by atoms with E-state index in [1.807, 2.05) is 6.07 Å². The highest BCUT2D eigenvalue weighted by Gasteiger charge is 2.13. The standard InChI is InChI=1S/C11H13ClN2O3/c1-7(10(15)16)14-11(17)13-6-8-3-2-4-9(12)5-8/h2-5,7H,6H2,1H3,(H,15,16)(H2,13,14,17). The number of carbonyl (C=O) groups is 2. The second-order valence-electron chi connectivity index (χ2n) is 3.52. The Morgan fingerprint density at radius 2 is 2.18 bits per heavy atom. The van der Waals surface area contributed by atoms with Crippen LogP contribution >= 0.6 is 11.6 Å². The van der Waals surface area contributed by atoms with E-state index in [9.17, 15) is 9.59 Å². The Balaban J connectivity index is 2.41. The zero-order chi connectivity index (χ0) is 12.8. The maximum Gasteiger partial charge on any atom is 0.325 e. The smallest absolute Gasteiger partial charge is 0.325 e. The van der Waals surface area contributed by atoms with Crippen LogP contribution in [0.2, 0.25) is 5.02 Å². The Labute approximate surface area is 104 Å². The van der Waals surface area contributed by atoms with E-state index in [-0.39, 0.29) is 0 Å². The fourth-order valence-electron chi connectivity index (χ4n) is 1.14. The Morgan fingerprint density at radius 1 is 1.47 bits per heavy atom. The van der Waals surface area contributed by atoms with Gasteiger partial charge in [-0.1, -0.05) is 23.7 Å². The Bertz CT molecular complexity index is 423. The summed E-state index contributed by atoms with van der Waals surface area (Å²) in [6.45, 7) is 1.68. The Kier molecular flexibility index (Phi) is 4.78. The number of carbonyl (C=O) groups excluding carboxylic acids is 1. The van der Waals surface area contributed by atoms with Crippen molar-refractivity contribution >= 4 is 23.6 Å². The third-order valence-electron chi connectivity index (χ3n) is 2.06. The number of hydrogen-bond acceptors (Lipinski definition) is 2. The van der Waals surface area contributed by atoms with Crippen molar-refractivity contribution in [1.82, 2.24) is 10.6 Å². The molecule has 0 aliphatic rings. The first-order valence-corrected chi connectivity index (χ1v) is 5.38. The Hall–Kier alpha value is -1.75. The quantitative estimate of drug-likeness (QED) is 0.766. The number of halogens is 1. The number of rotatable bonds is 4. The number of hydrogen-bond donors (Lipinski definition) is 3. The molecule has 17 heavy (non-hydrogen) atoms. The SMILES string of the molecule is CC(NC(=O)NCc1cccc(Cl)c1)C(=O)O. The number of benzene rings is 1. The predicted octanol–water partition coefficient (Wildman–Crippen LogP) is 1.61. The van der Waals surface area contributed by atoms with Gasteiger partial charge in [0.15, 0.2) is 0 Å². The molecule has 1 unspecified atom stereocenters. The highest BCUT2D eigenvalue weighted by atomic mass is 35.5. The van der Waals surface area contributed by atoms with Crippen molar-refractivity contribution in [2.45, 2.75) is 19.5 Å². The molecule has 0 aliphatic carbocycles. The number of amides is 2. The van der Waals surface area contributed by atoms with Crippen molar-refractivity contribution < 1.29 is 14.7 Å². The lowest BCUT2D eigenvalue weighted by atomic mass is 10.2. The van der Waals surface area contributed by atoms with Crippen LogP contribution in [0.5, 0.6) is 0 Å². The van der Waals surface area contributed by atoms with Gasteiger partial charge in [0.2, 0.25) is 0 Å². The van der Waals surface area contributed by atoms with E-state index in [1.165, 1.54) is 6.92 Å². The summed E-state index contributed by atoms with van der Waals surface area (Å²) in [6.07, 6.45) is 0. The topological polar surface area (TPSA) is 78.4 Å². The minimum atomic E-state index is -1.08. The average molecular weight is 257 g/mol. The zero-order valence-electron chi connectivity index (χ0n) is 9.24. The van der Waals surface area contributed by atoms with Crippen molar-refractivity contribution in [3.05, 3.63) is 34.9 Å². The maximum absolute atomic E-state index is 11.3. The summed E-state index contributed by atoms with van der Waals surface area (Å²) >= 11 is 5.78. The number of carboxylic acid groups (broad SMARTS) is 1. The summed E-state index contributed by atoms with van der Waals surface area (Å²) in [6, 6.07) is 5.60. The summed E-state index contributed by atoms with van der Waals surface area (Å²) in [4.78, 5) is 21.8. The van der Waals surface area contributed by atoms with Gasteiger partial charge in [-0.2, -0.15) is 0 Å². The van der Waals surface area contributed by atoms with Gasteiger partial charge in [-0.3, -0.25) is 4.79 Å². The van der Waals surface area contributed by atoms with Gasteiger partial charge in [-0.05, 0) is 24.6 Å². The lowest BCUT2D eigenvalue weighted by molar-refractivity contribution is -0.138. The first-order chi connectivity index (χ1) is 7.99. The number of urea groups is 1. The normalized spacial score (nSPS) is 11.6. The molecule has 1 atom stereocenters. The summed E-state index contributed by atoms with van der Waals surface area (Å²) < 4.78 is 0. The lowest BCUT2D eigenvalue weighted by Gasteiger charge is -2.10. The molecule has 0 fully saturated rings. The first kappa shape index (κ1) is 13.3. The molecule has 1 aromatic rings. The van der Waals surface area contributed by atoms with Crippen molar-refractivity contribution in [2.24, 2.45) is 0 Å². The van der Waals surface area contributed by atoms with Crippen LogP contribution in [0.25, 0.3) is 0 Å². The molecule has 6 heteroatoms. The van der Waals surface area contributed by atoms with E-state index in [0.717, 1.165) is 5.56 Å². The molecule has 0 saturated heterocycles. The molecular formula is C11H13ClN2O3. The molecule has 3 N–H and O–H groups in total. The van der Waals surface area contributed by atoms with Gasteiger partial charge in [0.25, 0.3) is 0 Å². The van der Waals surface area contributed by atoms with Gasteiger partial charge < -0.3 is 15.7 Å². The fourth-order valence-corrected chi connectivity index (χ4v) is 1.35. The van der Waals surface area contributed by atoms with Crippen LogP contribution in [0.3, 0.4) is 0 Å². The second-order valence-corrected chi connectivity index (χ2v) is 3.95. The summed E-state index contributed by atoms with van der Waals surface area (Å²) in [5.41, 5.74) is 0.843. The van der Waals surface area contributed by atoms with Gasteiger partial charge in [-0.15, -0.1) is 0 Å². The number of aliphatic carboxylic acids is 1. The fraction of sp³-hybridized carbons (Fsp3) is 0.273. The third-order valence-corrected chi connectivity index (χ3v) is 2.30. The van der Waals surface area contributed by atoms with Gasteiger partial charge in [0, 0.05) is 11.6 Å². The van der Waals surface area contributed by atoms with Crippen LogP contribution in [0.1, 0.15) is 12.5 Å². The average Bonchev–Trinajstić information content (AvgIpc) is 2.26. The highest BCUT2D eigenvalue weighted by Crippen LogP contribution is 2.10. The predicted molar refractivity (Wildman–Crippen MR) is 63.9 cm³/mol. The molecule has 0 heterocycles. The number of nitrogens with one attached hydrogen (secondary N) is 2. The molecule has 92 valence electrons. The van der Waals surface area contributed by atoms with E-state index in [0.29, 0.717) is 11.6 Å². The van der Waals surface area contributed by atoms with E-state index < -0.39 is 18.0 Å². The van der Waals surface area contributed by atoms with Crippen LogP contribution < -0.4 is 10.6 Å². The molecule has 1 rings (SSSR count). The van der Waals surface area contributed by atoms with Crippen LogP contribution in [0, 0.1) is 0 Å². The first-order valence-electron chi connectivity index (χ1n) is 5.00. The van der Waals surface area contributed by atoms with Crippen molar-refractivity contribution in [1.29, 1.82) is 0 Å².